The molecule has 1 aromatic heterocycles. The number of carbonyl (C=O) groups excluding carboxylic acids is 1. The molecule has 3 aromatic rings. The molecule has 40 heavy (non-hydrogen) atoms. The zero-order valence-corrected chi connectivity index (χ0v) is 24.0. The third-order valence-corrected chi connectivity index (χ3v) is 8.31. The minimum absolute atomic E-state index is 0.122. The topological polar surface area (TPSA) is 71.9 Å². The van der Waals surface area contributed by atoms with Gasteiger partial charge in [0.15, 0.2) is 0 Å². The minimum atomic E-state index is -0.132. The Bertz CT molecular complexity index is 1370. The number of para-hydroxylation sites is 1. The van der Waals surface area contributed by atoms with E-state index < -0.39 is 0 Å². The highest BCUT2D eigenvalue weighted by atomic mass is 16.5. The van der Waals surface area contributed by atoms with Crippen molar-refractivity contribution in [2.75, 3.05) is 56.2 Å². The Labute approximate surface area is 237 Å². The van der Waals surface area contributed by atoms with Crippen LogP contribution in [0.2, 0.25) is 0 Å². The molecule has 0 saturated carbocycles. The molecule has 0 spiro atoms. The molecule has 6 rings (SSSR count). The van der Waals surface area contributed by atoms with E-state index in [-0.39, 0.29) is 11.4 Å². The van der Waals surface area contributed by atoms with Gasteiger partial charge in [-0.15, -0.1) is 0 Å². The van der Waals surface area contributed by atoms with Crippen molar-refractivity contribution in [2.45, 2.75) is 58.3 Å². The fraction of sp³-hybridized carbons (Fsp3) is 0.500. The van der Waals surface area contributed by atoms with Crippen LogP contribution in [0.1, 0.15) is 56.0 Å². The summed E-state index contributed by atoms with van der Waals surface area (Å²) in [7, 11) is 0. The number of rotatable bonds is 5. The Kier molecular flexibility index (Phi) is 7.55. The predicted octanol–water partition coefficient (Wildman–Crippen LogP) is 5.35. The summed E-state index contributed by atoms with van der Waals surface area (Å²) in [5.41, 5.74) is 6.42. The number of benzene rings is 2. The van der Waals surface area contributed by atoms with E-state index in [1.54, 1.807) is 0 Å². The first kappa shape index (κ1) is 26.8. The molecule has 2 aliphatic heterocycles. The number of ether oxygens (including phenoxy) is 2. The number of amides is 2. The Morgan fingerprint density at radius 2 is 1.77 bits per heavy atom. The third-order valence-electron chi connectivity index (χ3n) is 8.31. The van der Waals surface area contributed by atoms with Crippen LogP contribution < -0.4 is 15.0 Å². The molecule has 0 unspecified atom stereocenters. The number of fused-ring (bicyclic) bond motifs is 4. The molecule has 3 aliphatic rings. The highest BCUT2D eigenvalue weighted by molar-refractivity contribution is 6.02. The monoisotopic (exact) mass is 543 g/mol. The zero-order valence-electron chi connectivity index (χ0n) is 24.0. The summed E-state index contributed by atoms with van der Waals surface area (Å²) in [6, 6.07) is 14.3. The highest BCUT2D eigenvalue weighted by Crippen LogP contribution is 2.36. The molecule has 0 atom stereocenters. The Hall–Kier alpha value is -3.36. The summed E-state index contributed by atoms with van der Waals surface area (Å²) >= 11 is 0. The van der Waals surface area contributed by atoms with Gasteiger partial charge in [0.1, 0.15) is 18.2 Å². The number of hydrogen-bond acceptors (Lipinski definition) is 5. The maximum Gasteiger partial charge on any atom is 0.327 e. The second kappa shape index (κ2) is 11.3. The molecule has 2 aromatic carbocycles. The maximum absolute atomic E-state index is 13.9. The van der Waals surface area contributed by atoms with E-state index in [1.165, 1.54) is 16.7 Å². The fourth-order valence-corrected chi connectivity index (χ4v) is 5.97. The van der Waals surface area contributed by atoms with Crippen molar-refractivity contribution in [1.29, 1.82) is 0 Å². The molecule has 0 radical (unpaired) electrons. The van der Waals surface area contributed by atoms with Crippen LogP contribution in [-0.2, 0) is 29.4 Å². The predicted molar refractivity (Wildman–Crippen MR) is 158 cm³/mol. The number of aromatic nitrogens is 2. The molecule has 2 amide bonds. The standard InChI is InChI=1S/C32H41N5O3/c1-32(2,3)29-22-30-36(15-14-23-8-4-7-11-27(23)37(30)34-29)31(38)33-26-12-13-28(25-10-6-5-9-24(25)26)40-21-18-35-16-19-39-20-17-35/h4,7-8,11-13,22H,5-6,9-10,14-21H2,1-3H3,(H,33,38). The molecule has 8 nitrogen and oxygen atoms in total. The van der Waals surface area contributed by atoms with Gasteiger partial charge in [-0.3, -0.25) is 9.80 Å². The third kappa shape index (κ3) is 5.47. The molecule has 0 bridgehead atoms. The number of carbonyl (C=O) groups is 1. The lowest BCUT2D eigenvalue weighted by Crippen LogP contribution is -2.38. The van der Waals surface area contributed by atoms with Crippen molar-refractivity contribution in [3.05, 3.63) is 64.8 Å². The number of hydrogen-bond donors (Lipinski definition) is 1. The minimum Gasteiger partial charge on any atom is -0.492 e. The Morgan fingerprint density at radius 1 is 1.00 bits per heavy atom. The summed E-state index contributed by atoms with van der Waals surface area (Å²) in [6.45, 7) is 12.1. The van der Waals surface area contributed by atoms with E-state index in [9.17, 15) is 4.79 Å². The van der Waals surface area contributed by atoms with Crippen LogP contribution in [0.4, 0.5) is 16.3 Å². The lowest BCUT2D eigenvalue weighted by atomic mass is 9.89. The average Bonchev–Trinajstić information content (AvgIpc) is 3.34. The zero-order chi connectivity index (χ0) is 27.7. The first-order valence-corrected chi connectivity index (χ1v) is 14.7. The van der Waals surface area contributed by atoms with Crippen molar-refractivity contribution in [3.8, 4) is 11.4 Å². The Balaban J connectivity index is 1.24. The van der Waals surface area contributed by atoms with E-state index >= 15 is 0 Å². The van der Waals surface area contributed by atoms with Gasteiger partial charge in [0.2, 0.25) is 0 Å². The summed E-state index contributed by atoms with van der Waals surface area (Å²) in [6.07, 6.45) is 4.96. The number of nitrogens with one attached hydrogen (secondary N) is 1. The average molecular weight is 544 g/mol. The smallest absolute Gasteiger partial charge is 0.327 e. The van der Waals surface area contributed by atoms with Crippen LogP contribution in [-0.4, -0.2) is 66.7 Å². The van der Waals surface area contributed by atoms with Crippen LogP contribution in [0.3, 0.4) is 0 Å². The lowest BCUT2D eigenvalue weighted by molar-refractivity contribution is 0.0322. The SMILES string of the molecule is CC(C)(C)c1cc2n(n1)-c1ccccc1CCN2C(=O)Nc1ccc(OCCN2CCOCC2)c2c1CCCC2. The normalized spacial score (nSPS) is 17.4. The number of nitrogens with zero attached hydrogens (tertiary/aromatic N) is 4. The van der Waals surface area contributed by atoms with Gasteiger partial charge in [-0.2, -0.15) is 5.10 Å². The fourth-order valence-electron chi connectivity index (χ4n) is 5.97. The van der Waals surface area contributed by atoms with Crippen LogP contribution >= 0.6 is 0 Å². The second-order valence-electron chi connectivity index (χ2n) is 12.1. The van der Waals surface area contributed by atoms with Crippen LogP contribution in [0.5, 0.6) is 5.75 Å². The highest BCUT2D eigenvalue weighted by Gasteiger charge is 2.30. The number of morpholine rings is 1. The van der Waals surface area contributed by atoms with Gasteiger partial charge in [0.05, 0.1) is 24.6 Å². The van der Waals surface area contributed by atoms with Gasteiger partial charge in [-0.1, -0.05) is 39.0 Å². The molecule has 212 valence electrons. The van der Waals surface area contributed by atoms with Crippen LogP contribution in [0.15, 0.2) is 42.5 Å². The van der Waals surface area contributed by atoms with Gasteiger partial charge >= 0.3 is 6.03 Å². The van der Waals surface area contributed by atoms with Crippen LogP contribution in [0, 0.1) is 0 Å². The van der Waals surface area contributed by atoms with Gasteiger partial charge in [-0.25, -0.2) is 9.48 Å². The largest absolute Gasteiger partial charge is 0.492 e. The second-order valence-corrected chi connectivity index (χ2v) is 12.1. The van der Waals surface area contributed by atoms with E-state index in [0.29, 0.717) is 13.2 Å². The van der Waals surface area contributed by atoms with Crippen molar-refractivity contribution in [2.24, 2.45) is 0 Å². The summed E-state index contributed by atoms with van der Waals surface area (Å²) < 4.78 is 13.7. The van der Waals surface area contributed by atoms with E-state index in [0.717, 1.165) is 93.6 Å². The summed E-state index contributed by atoms with van der Waals surface area (Å²) in [5, 5.41) is 8.26. The molecule has 1 fully saturated rings. The van der Waals surface area contributed by atoms with E-state index in [1.807, 2.05) is 27.8 Å². The molecular formula is C32H41N5O3. The molecule has 1 saturated heterocycles. The molecular weight excluding hydrogens is 502 g/mol. The van der Waals surface area contributed by atoms with Gasteiger partial charge in [0.25, 0.3) is 0 Å². The molecule has 3 heterocycles. The Morgan fingerprint density at radius 3 is 2.58 bits per heavy atom. The number of urea groups is 1. The van der Waals surface area contributed by atoms with Gasteiger partial charge in [-0.05, 0) is 67.0 Å². The van der Waals surface area contributed by atoms with Gasteiger partial charge in [0, 0.05) is 43.3 Å². The van der Waals surface area contributed by atoms with Crippen molar-refractivity contribution >= 4 is 17.5 Å². The maximum atomic E-state index is 13.9. The van der Waals surface area contributed by atoms with E-state index in [2.05, 4.69) is 55.3 Å². The molecule has 1 N–H and O–H groups in total. The van der Waals surface area contributed by atoms with E-state index in [4.69, 9.17) is 14.6 Å². The van der Waals surface area contributed by atoms with Gasteiger partial charge < -0.3 is 14.8 Å². The van der Waals surface area contributed by atoms with Crippen molar-refractivity contribution in [1.82, 2.24) is 14.7 Å². The summed E-state index contributed by atoms with van der Waals surface area (Å²) in [5.74, 6) is 1.77. The van der Waals surface area contributed by atoms with Crippen molar-refractivity contribution in [3.63, 3.8) is 0 Å². The first-order valence-electron chi connectivity index (χ1n) is 14.7. The quantitative estimate of drug-likeness (QED) is 0.470. The van der Waals surface area contributed by atoms with Crippen LogP contribution in [0.25, 0.3) is 5.69 Å². The summed E-state index contributed by atoms with van der Waals surface area (Å²) in [4.78, 5) is 18.2. The molecule has 8 heteroatoms. The molecule has 1 aliphatic carbocycles. The van der Waals surface area contributed by atoms with Crippen molar-refractivity contribution < 1.29 is 14.3 Å². The first-order chi connectivity index (χ1) is 19.4. The number of anilines is 2. The lowest BCUT2D eigenvalue weighted by Gasteiger charge is -2.28.